The van der Waals surface area contributed by atoms with Crippen LogP contribution in [0.15, 0.2) is 48.5 Å². The first kappa shape index (κ1) is 27.9. The number of hydrogen-bond donors (Lipinski definition) is 1. The van der Waals surface area contributed by atoms with Gasteiger partial charge in [-0.25, -0.2) is 0 Å². The van der Waals surface area contributed by atoms with E-state index in [9.17, 15) is 18.3 Å². The molecule has 2 aromatic rings. The molecule has 2 aromatic carbocycles. The average molecular weight is 577 g/mol. The van der Waals surface area contributed by atoms with Crippen LogP contribution in [-0.4, -0.2) is 40.7 Å². The standard InChI is InChI=1S/C24H30F3NO2.C2H5I/c1-2-23(29,20-8-6-9-21(18-20)24(25,26)27)19-10-12-22(13-11-19)30-17-7-16-28-14-4-3-5-15-28;1-2-3/h6,8-13,18,29H,2-5,7,14-17H2,1H3;2H2,1H3. The van der Waals surface area contributed by atoms with Crippen molar-refractivity contribution in [2.45, 2.75) is 57.7 Å². The van der Waals surface area contributed by atoms with Gasteiger partial charge in [-0.15, -0.1) is 0 Å². The van der Waals surface area contributed by atoms with Crippen LogP contribution >= 0.6 is 22.6 Å². The summed E-state index contributed by atoms with van der Waals surface area (Å²) in [6.45, 7) is 7.84. The maximum atomic E-state index is 13.1. The van der Waals surface area contributed by atoms with Crippen LogP contribution in [0, 0.1) is 0 Å². The lowest BCUT2D eigenvalue weighted by Crippen LogP contribution is -2.31. The molecular formula is C26H35F3INO2. The summed E-state index contributed by atoms with van der Waals surface area (Å²) in [6, 6.07) is 11.9. The summed E-state index contributed by atoms with van der Waals surface area (Å²) in [5, 5.41) is 11.2. The first-order valence-corrected chi connectivity index (χ1v) is 13.2. The average Bonchev–Trinajstić information content (AvgIpc) is 2.82. The molecule has 1 fully saturated rings. The molecule has 1 atom stereocenters. The quantitative estimate of drug-likeness (QED) is 0.208. The van der Waals surface area contributed by atoms with Gasteiger partial charge in [-0.1, -0.05) is 67.1 Å². The van der Waals surface area contributed by atoms with Crippen LogP contribution in [-0.2, 0) is 11.8 Å². The van der Waals surface area contributed by atoms with E-state index in [1.807, 2.05) is 0 Å². The molecule has 1 aliphatic rings. The Kier molecular flexibility index (Phi) is 11.5. The summed E-state index contributed by atoms with van der Waals surface area (Å²) >= 11 is 2.29. The van der Waals surface area contributed by atoms with E-state index >= 15 is 0 Å². The Labute approximate surface area is 209 Å². The fourth-order valence-corrected chi connectivity index (χ4v) is 4.02. The molecule has 1 unspecified atom stereocenters. The summed E-state index contributed by atoms with van der Waals surface area (Å²) in [4.78, 5) is 2.46. The van der Waals surface area contributed by atoms with Crippen molar-refractivity contribution in [3.63, 3.8) is 0 Å². The summed E-state index contributed by atoms with van der Waals surface area (Å²) < 4.78 is 46.3. The molecule has 184 valence electrons. The van der Waals surface area contributed by atoms with Crippen molar-refractivity contribution >= 4 is 22.6 Å². The number of benzene rings is 2. The van der Waals surface area contributed by atoms with Gasteiger partial charge in [-0.05, 0) is 78.6 Å². The van der Waals surface area contributed by atoms with Gasteiger partial charge in [-0.2, -0.15) is 13.2 Å². The molecule has 0 saturated carbocycles. The lowest BCUT2D eigenvalue weighted by molar-refractivity contribution is -0.137. The van der Waals surface area contributed by atoms with Crippen molar-refractivity contribution in [2.24, 2.45) is 0 Å². The van der Waals surface area contributed by atoms with Crippen molar-refractivity contribution in [1.82, 2.24) is 4.90 Å². The molecule has 3 nitrogen and oxygen atoms in total. The molecule has 1 saturated heterocycles. The third kappa shape index (κ3) is 8.44. The number of halogens is 4. The number of piperidine rings is 1. The Morgan fingerprint density at radius 2 is 1.55 bits per heavy atom. The van der Waals surface area contributed by atoms with Crippen LogP contribution in [0.3, 0.4) is 0 Å². The zero-order valence-corrected chi connectivity index (χ0v) is 21.7. The molecule has 0 spiro atoms. The smallest absolute Gasteiger partial charge is 0.416 e. The van der Waals surface area contributed by atoms with E-state index in [0.717, 1.165) is 25.1 Å². The van der Waals surface area contributed by atoms with Gasteiger partial charge < -0.3 is 14.7 Å². The van der Waals surface area contributed by atoms with Crippen LogP contribution in [0.4, 0.5) is 13.2 Å². The van der Waals surface area contributed by atoms with Gasteiger partial charge in [0, 0.05) is 6.54 Å². The maximum absolute atomic E-state index is 13.1. The predicted octanol–water partition coefficient (Wildman–Crippen LogP) is 7.05. The Bertz CT molecular complexity index is 823. The van der Waals surface area contributed by atoms with Crippen molar-refractivity contribution in [3.05, 3.63) is 65.2 Å². The highest BCUT2D eigenvalue weighted by atomic mass is 127. The molecule has 7 heteroatoms. The molecule has 0 aromatic heterocycles. The van der Waals surface area contributed by atoms with Gasteiger partial charge in [0.15, 0.2) is 0 Å². The maximum Gasteiger partial charge on any atom is 0.416 e. The fraction of sp³-hybridized carbons (Fsp3) is 0.538. The van der Waals surface area contributed by atoms with E-state index in [0.29, 0.717) is 17.9 Å². The molecule has 1 N–H and O–H groups in total. The van der Waals surface area contributed by atoms with Crippen molar-refractivity contribution in [1.29, 1.82) is 0 Å². The first-order valence-electron chi connectivity index (χ1n) is 11.7. The topological polar surface area (TPSA) is 32.7 Å². The molecule has 33 heavy (non-hydrogen) atoms. The number of alkyl halides is 4. The minimum atomic E-state index is -4.45. The SMILES string of the molecule is CCC(O)(c1ccc(OCCCN2CCCCC2)cc1)c1cccc(C(F)(F)F)c1.CCI. The Morgan fingerprint density at radius 3 is 2.12 bits per heavy atom. The summed E-state index contributed by atoms with van der Waals surface area (Å²) in [5.41, 5.74) is -1.48. The zero-order valence-electron chi connectivity index (χ0n) is 19.5. The Morgan fingerprint density at radius 1 is 0.939 bits per heavy atom. The second-order valence-corrected chi connectivity index (χ2v) is 9.71. The number of hydrogen-bond acceptors (Lipinski definition) is 3. The number of rotatable bonds is 8. The van der Waals surface area contributed by atoms with E-state index in [-0.39, 0.29) is 12.0 Å². The molecule has 0 radical (unpaired) electrons. The predicted molar refractivity (Wildman–Crippen MR) is 136 cm³/mol. The van der Waals surface area contributed by atoms with Gasteiger partial charge in [0.05, 0.1) is 12.2 Å². The highest BCUT2D eigenvalue weighted by Crippen LogP contribution is 2.37. The molecule has 1 aliphatic heterocycles. The molecular weight excluding hydrogens is 542 g/mol. The first-order chi connectivity index (χ1) is 15.7. The zero-order chi connectivity index (χ0) is 24.3. The Balaban J connectivity index is 0.00000122. The second-order valence-electron chi connectivity index (χ2n) is 8.19. The number of aliphatic hydroxyl groups is 1. The largest absolute Gasteiger partial charge is 0.494 e. The molecule has 1 heterocycles. The highest BCUT2D eigenvalue weighted by Gasteiger charge is 2.34. The number of ether oxygens (including phenoxy) is 1. The minimum absolute atomic E-state index is 0.232. The van der Waals surface area contributed by atoms with Crippen LogP contribution in [0.1, 0.15) is 62.6 Å². The van der Waals surface area contributed by atoms with E-state index in [1.54, 1.807) is 31.2 Å². The highest BCUT2D eigenvalue weighted by molar-refractivity contribution is 14.1. The lowest BCUT2D eigenvalue weighted by Gasteiger charge is -2.29. The number of likely N-dealkylation sites (tertiary alicyclic amines) is 1. The minimum Gasteiger partial charge on any atom is -0.494 e. The van der Waals surface area contributed by atoms with Crippen LogP contribution in [0.5, 0.6) is 5.75 Å². The van der Waals surface area contributed by atoms with Gasteiger partial charge in [-0.3, -0.25) is 0 Å². The Hall–Kier alpha value is -1.32. The van der Waals surface area contributed by atoms with Gasteiger partial charge in [0.1, 0.15) is 11.4 Å². The summed E-state index contributed by atoms with van der Waals surface area (Å²) in [7, 11) is 0. The van der Waals surface area contributed by atoms with E-state index in [4.69, 9.17) is 4.74 Å². The fourth-order valence-electron chi connectivity index (χ4n) is 4.02. The normalized spacial score (nSPS) is 16.5. The third-order valence-electron chi connectivity index (χ3n) is 5.85. The van der Waals surface area contributed by atoms with Gasteiger partial charge in [0.25, 0.3) is 0 Å². The molecule has 0 aliphatic carbocycles. The molecule has 0 amide bonds. The van der Waals surface area contributed by atoms with Crippen LogP contribution in [0.25, 0.3) is 0 Å². The van der Waals surface area contributed by atoms with E-state index in [1.165, 1.54) is 48.9 Å². The van der Waals surface area contributed by atoms with Gasteiger partial charge >= 0.3 is 6.18 Å². The van der Waals surface area contributed by atoms with Crippen LogP contribution < -0.4 is 4.74 Å². The molecule has 0 bridgehead atoms. The van der Waals surface area contributed by atoms with E-state index < -0.39 is 17.3 Å². The third-order valence-corrected chi connectivity index (χ3v) is 5.85. The van der Waals surface area contributed by atoms with Crippen molar-refractivity contribution in [2.75, 3.05) is 30.7 Å². The summed E-state index contributed by atoms with van der Waals surface area (Å²) in [5.74, 6) is 0.694. The van der Waals surface area contributed by atoms with Gasteiger partial charge in [0.2, 0.25) is 0 Å². The monoisotopic (exact) mass is 577 g/mol. The number of nitrogens with zero attached hydrogens (tertiary/aromatic N) is 1. The second kappa shape index (κ2) is 13.5. The summed E-state index contributed by atoms with van der Waals surface area (Å²) in [6.07, 6.45) is 0.624. The van der Waals surface area contributed by atoms with Crippen molar-refractivity contribution < 1.29 is 23.0 Å². The van der Waals surface area contributed by atoms with Crippen LogP contribution in [0.2, 0.25) is 0 Å². The molecule has 3 rings (SSSR count). The lowest BCUT2D eigenvalue weighted by atomic mass is 9.83. The van der Waals surface area contributed by atoms with E-state index in [2.05, 4.69) is 34.4 Å². The van der Waals surface area contributed by atoms with Crippen molar-refractivity contribution in [3.8, 4) is 5.75 Å².